The van der Waals surface area contributed by atoms with E-state index in [1.54, 1.807) is 19.1 Å². The molecule has 0 bridgehead atoms. The largest absolute Gasteiger partial charge is 0.503 e. The monoisotopic (exact) mass is 448 g/mol. The molecule has 32 heavy (non-hydrogen) atoms. The number of aryl methyl sites for hydroxylation is 3. The van der Waals surface area contributed by atoms with E-state index in [9.17, 15) is 14.7 Å². The summed E-state index contributed by atoms with van der Waals surface area (Å²) in [6.07, 6.45) is 0.863. The molecule has 4 rings (SSSR count). The number of hydrogen-bond donors (Lipinski definition) is 1. The van der Waals surface area contributed by atoms with Crippen LogP contribution >= 0.6 is 11.3 Å². The van der Waals surface area contributed by atoms with Crippen LogP contribution in [0.5, 0.6) is 5.75 Å². The molecule has 1 atom stereocenters. The van der Waals surface area contributed by atoms with Crippen molar-refractivity contribution in [2.45, 2.75) is 33.2 Å². The molecule has 0 fully saturated rings. The summed E-state index contributed by atoms with van der Waals surface area (Å²) in [5.74, 6) is -1.04. The fourth-order valence-corrected chi connectivity index (χ4v) is 4.92. The fourth-order valence-electron chi connectivity index (χ4n) is 4.05. The molecule has 6 nitrogen and oxygen atoms in total. The molecule has 164 valence electrons. The molecule has 1 unspecified atom stereocenters. The van der Waals surface area contributed by atoms with E-state index in [4.69, 9.17) is 4.74 Å². The lowest BCUT2D eigenvalue weighted by atomic mass is 9.94. The van der Waals surface area contributed by atoms with E-state index in [0.29, 0.717) is 27.6 Å². The molecule has 1 aliphatic rings. The number of ether oxygens (including phenoxy) is 1. The number of anilines is 1. The van der Waals surface area contributed by atoms with Crippen LogP contribution in [0.1, 0.15) is 44.5 Å². The normalized spacial score (nSPS) is 16.1. The van der Waals surface area contributed by atoms with Crippen LogP contribution in [0, 0.1) is 13.8 Å². The van der Waals surface area contributed by atoms with Gasteiger partial charge in [-0.15, -0.1) is 11.3 Å². The second-order valence-electron chi connectivity index (χ2n) is 7.58. The lowest BCUT2D eigenvalue weighted by Gasteiger charge is -2.28. The second-order valence-corrected chi connectivity index (χ2v) is 8.78. The third-order valence-corrected chi connectivity index (χ3v) is 6.69. The summed E-state index contributed by atoms with van der Waals surface area (Å²) in [7, 11) is 1.54. The van der Waals surface area contributed by atoms with E-state index >= 15 is 0 Å². The molecule has 0 radical (unpaired) electrons. The van der Waals surface area contributed by atoms with Gasteiger partial charge in [-0.3, -0.25) is 14.5 Å². The Hall–Kier alpha value is -3.45. The number of hydrogen-bond acceptors (Lipinski definition) is 6. The number of aliphatic hydroxyl groups is 1. The third kappa shape index (κ3) is 3.58. The summed E-state index contributed by atoms with van der Waals surface area (Å²) in [5, 5.41) is 11.7. The Balaban J connectivity index is 1.91. The van der Waals surface area contributed by atoms with Crippen molar-refractivity contribution >= 4 is 28.7 Å². The Morgan fingerprint density at radius 1 is 1.16 bits per heavy atom. The van der Waals surface area contributed by atoms with Gasteiger partial charge in [0.15, 0.2) is 5.76 Å². The lowest BCUT2D eigenvalue weighted by molar-refractivity contribution is -0.117. The van der Waals surface area contributed by atoms with Crippen molar-refractivity contribution in [1.82, 2.24) is 4.98 Å². The number of para-hydroxylation sites is 1. The van der Waals surface area contributed by atoms with Crippen molar-refractivity contribution < 1.29 is 19.4 Å². The number of amides is 1. The number of ketones is 1. The standard InChI is InChI=1S/C25H24N2O4S/c1-5-16-10-12-17(13-11-16)27-21(18-8-6-7-9-19(18)31-4)20(23(29)25(27)30)22(28)24-14(2)26-15(3)32-24/h6-13,21,29H,5H2,1-4H3. The van der Waals surface area contributed by atoms with Gasteiger partial charge in [0.05, 0.1) is 34.3 Å². The molecule has 1 aromatic heterocycles. The van der Waals surface area contributed by atoms with E-state index < -0.39 is 23.5 Å². The van der Waals surface area contributed by atoms with E-state index in [0.717, 1.165) is 17.0 Å². The maximum absolute atomic E-state index is 13.6. The van der Waals surface area contributed by atoms with Gasteiger partial charge >= 0.3 is 0 Å². The van der Waals surface area contributed by atoms with Crippen molar-refractivity contribution in [2.24, 2.45) is 0 Å². The smallest absolute Gasteiger partial charge is 0.294 e. The molecule has 1 aliphatic heterocycles. The van der Waals surface area contributed by atoms with Gasteiger partial charge in [-0.25, -0.2) is 4.98 Å². The molecule has 0 spiro atoms. The molecule has 0 saturated heterocycles. The van der Waals surface area contributed by atoms with Crippen molar-refractivity contribution in [1.29, 1.82) is 0 Å². The number of aliphatic hydroxyl groups excluding tert-OH is 1. The Labute approximate surface area is 190 Å². The molecule has 0 aliphatic carbocycles. The fraction of sp³-hybridized carbons (Fsp3) is 0.240. The summed E-state index contributed by atoms with van der Waals surface area (Å²) in [5.41, 5.74) is 2.95. The summed E-state index contributed by atoms with van der Waals surface area (Å²) >= 11 is 1.25. The molecule has 2 aromatic carbocycles. The third-order valence-electron chi connectivity index (χ3n) is 5.62. The minimum absolute atomic E-state index is 0.0332. The first-order valence-electron chi connectivity index (χ1n) is 10.3. The predicted octanol–water partition coefficient (Wildman–Crippen LogP) is 5.11. The van der Waals surface area contributed by atoms with Crippen LogP contribution < -0.4 is 9.64 Å². The first-order valence-corrected chi connectivity index (χ1v) is 11.2. The zero-order valence-electron chi connectivity index (χ0n) is 18.4. The zero-order valence-corrected chi connectivity index (χ0v) is 19.2. The number of rotatable bonds is 6. The Morgan fingerprint density at radius 2 is 1.84 bits per heavy atom. The van der Waals surface area contributed by atoms with Crippen molar-refractivity contribution in [2.75, 3.05) is 12.0 Å². The molecule has 1 N–H and O–H groups in total. The minimum Gasteiger partial charge on any atom is -0.503 e. The van der Waals surface area contributed by atoms with Crippen LogP contribution in [0.15, 0.2) is 59.9 Å². The van der Waals surface area contributed by atoms with Gasteiger partial charge < -0.3 is 9.84 Å². The molecule has 3 aromatic rings. The van der Waals surface area contributed by atoms with Crippen LogP contribution in [-0.2, 0) is 11.2 Å². The van der Waals surface area contributed by atoms with Gasteiger partial charge in [-0.1, -0.05) is 37.3 Å². The number of aromatic nitrogens is 1. The first kappa shape index (κ1) is 21.8. The van der Waals surface area contributed by atoms with E-state index in [1.165, 1.54) is 23.3 Å². The highest BCUT2D eigenvalue weighted by molar-refractivity contribution is 7.14. The van der Waals surface area contributed by atoms with Crippen molar-refractivity contribution in [3.63, 3.8) is 0 Å². The summed E-state index contributed by atoms with van der Waals surface area (Å²) in [4.78, 5) is 33.1. The number of benzene rings is 2. The number of carbonyl (C=O) groups excluding carboxylic acids is 2. The SMILES string of the molecule is CCc1ccc(N2C(=O)C(O)=C(C(=O)c3sc(C)nc3C)C2c2ccccc2OC)cc1. The van der Waals surface area contributed by atoms with Gasteiger partial charge in [0.1, 0.15) is 5.75 Å². The van der Waals surface area contributed by atoms with Crippen LogP contribution in [0.2, 0.25) is 0 Å². The van der Waals surface area contributed by atoms with Gasteiger partial charge in [-0.05, 0) is 44.0 Å². The second kappa shape index (κ2) is 8.59. The van der Waals surface area contributed by atoms with Gasteiger partial charge in [0.2, 0.25) is 5.78 Å². The Bertz CT molecular complexity index is 1230. The van der Waals surface area contributed by atoms with Crippen LogP contribution in [0.25, 0.3) is 0 Å². The number of carbonyl (C=O) groups is 2. The van der Waals surface area contributed by atoms with Crippen molar-refractivity contribution in [3.05, 3.63) is 86.6 Å². The maximum Gasteiger partial charge on any atom is 0.294 e. The van der Waals surface area contributed by atoms with Gasteiger partial charge in [0.25, 0.3) is 5.91 Å². The van der Waals surface area contributed by atoms with E-state index in [-0.39, 0.29) is 5.57 Å². The average molecular weight is 449 g/mol. The highest BCUT2D eigenvalue weighted by Gasteiger charge is 2.46. The van der Waals surface area contributed by atoms with Crippen LogP contribution in [-0.4, -0.2) is 28.9 Å². The Kier molecular flexibility index (Phi) is 5.84. The number of thiazole rings is 1. The maximum atomic E-state index is 13.6. The number of Topliss-reactive ketones (excluding diaryl/α,β-unsaturated/α-hetero) is 1. The zero-order chi connectivity index (χ0) is 23.0. The Morgan fingerprint density at radius 3 is 2.44 bits per heavy atom. The first-order chi connectivity index (χ1) is 15.4. The molecule has 1 amide bonds. The average Bonchev–Trinajstić information content (AvgIpc) is 3.28. The predicted molar refractivity (Wildman–Crippen MR) is 125 cm³/mol. The van der Waals surface area contributed by atoms with E-state index in [2.05, 4.69) is 11.9 Å². The minimum atomic E-state index is -0.833. The molecule has 0 saturated carbocycles. The molecular weight excluding hydrogens is 424 g/mol. The van der Waals surface area contributed by atoms with Crippen LogP contribution in [0.4, 0.5) is 5.69 Å². The quantitative estimate of drug-likeness (QED) is 0.530. The van der Waals surface area contributed by atoms with Gasteiger partial charge in [0, 0.05) is 11.3 Å². The highest BCUT2D eigenvalue weighted by Crippen LogP contribution is 2.45. The summed E-state index contributed by atoms with van der Waals surface area (Å²) < 4.78 is 5.55. The molecule has 7 heteroatoms. The van der Waals surface area contributed by atoms with E-state index in [1.807, 2.05) is 43.3 Å². The molecule has 2 heterocycles. The summed E-state index contributed by atoms with van der Waals surface area (Å²) in [6.45, 7) is 5.63. The number of methoxy groups -OCH3 is 1. The lowest BCUT2D eigenvalue weighted by Crippen LogP contribution is -2.31. The topological polar surface area (TPSA) is 79.7 Å². The van der Waals surface area contributed by atoms with Crippen molar-refractivity contribution in [3.8, 4) is 5.75 Å². The summed E-state index contributed by atoms with van der Waals surface area (Å²) in [6, 6.07) is 13.9. The van der Waals surface area contributed by atoms with Crippen LogP contribution in [0.3, 0.4) is 0 Å². The molecular formula is C25H24N2O4S. The highest BCUT2D eigenvalue weighted by atomic mass is 32.1. The van der Waals surface area contributed by atoms with Gasteiger partial charge in [-0.2, -0.15) is 0 Å². The number of nitrogens with zero attached hydrogens (tertiary/aromatic N) is 2.